The molecule has 3 N–H and O–H groups in total. The van der Waals surface area contributed by atoms with Crippen molar-refractivity contribution >= 4 is 29.2 Å². The van der Waals surface area contributed by atoms with Crippen LogP contribution in [0.4, 0.5) is 10.1 Å². The highest BCUT2D eigenvalue weighted by Crippen LogP contribution is 2.26. The van der Waals surface area contributed by atoms with Crippen LogP contribution in [0.1, 0.15) is 32.1 Å². The third-order valence-electron chi connectivity index (χ3n) is 3.08. The van der Waals surface area contributed by atoms with Gasteiger partial charge in [-0.2, -0.15) is 0 Å². The molecule has 0 bridgehead atoms. The number of carboxylic acid groups (broad SMARTS) is 1. The molecule has 0 saturated carbocycles. The Balaban J connectivity index is 2.40. The second kappa shape index (κ2) is 5.57. The molecule has 1 aromatic heterocycles. The molecule has 0 unspecified atom stereocenters. The molecule has 2 rings (SSSR count). The van der Waals surface area contributed by atoms with Gasteiger partial charge in [0.1, 0.15) is 11.5 Å². The maximum atomic E-state index is 13.7. The number of aromatic carboxylic acids is 1. The highest BCUT2D eigenvalue weighted by atomic mass is 35.5. The fourth-order valence-electron chi connectivity index (χ4n) is 2.10. The number of benzene rings is 1. The summed E-state index contributed by atoms with van der Waals surface area (Å²) in [7, 11) is 0. The van der Waals surface area contributed by atoms with Gasteiger partial charge in [0.25, 0.3) is 5.91 Å². The Labute approximate surface area is 124 Å². The molecule has 0 spiro atoms. The molecular formula is C14H12ClFN2O3. The number of aromatic nitrogens is 1. The van der Waals surface area contributed by atoms with E-state index in [-0.39, 0.29) is 27.5 Å². The average Bonchev–Trinajstić information content (AvgIpc) is 2.69. The molecule has 1 amide bonds. The third kappa shape index (κ3) is 2.75. The van der Waals surface area contributed by atoms with Gasteiger partial charge in [0.05, 0.1) is 16.3 Å². The zero-order valence-corrected chi connectivity index (χ0v) is 12.0. The second-order valence-electron chi connectivity index (χ2n) is 4.48. The number of aryl methyl sites for hydroxylation is 1. The fourth-order valence-corrected chi connectivity index (χ4v) is 2.31. The predicted octanol–water partition coefficient (Wildman–Crippen LogP) is 3.37. The van der Waals surface area contributed by atoms with E-state index in [0.29, 0.717) is 5.69 Å². The van der Waals surface area contributed by atoms with Crippen molar-refractivity contribution in [2.75, 3.05) is 5.32 Å². The number of halogens is 2. The SMILES string of the molecule is Cc1[nH]c(C(=O)O)c(C)c1C(=O)Nc1c(F)cccc1Cl. The van der Waals surface area contributed by atoms with Gasteiger partial charge >= 0.3 is 5.97 Å². The number of para-hydroxylation sites is 1. The topological polar surface area (TPSA) is 82.2 Å². The molecule has 0 fully saturated rings. The number of rotatable bonds is 3. The van der Waals surface area contributed by atoms with E-state index < -0.39 is 17.7 Å². The summed E-state index contributed by atoms with van der Waals surface area (Å²) in [6.45, 7) is 3.07. The summed E-state index contributed by atoms with van der Waals surface area (Å²) in [4.78, 5) is 25.9. The molecule has 0 radical (unpaired) electrons. The Morgan fingerprint density at radius 1 is 1.33 bits per heavy atom. The van der Waals surface area contributed by atoms with Gasteiger partial charge in [-0.3, -0.25) is 4.79 Å². The van der Waals surface area contributed by atoms with E-state index in [1.807, 2.05) is 0 Å². The predicted molar refractivity (Wildman–Crippen MR) is 76.6 cm³/mol. The van der Waals surface area contributed by atoms with Crippen molar-refractivity contribution in [3.8, 4) is 0 Å². The van der Waals surface area contributed by atoms with Gasteiger partial charge < -0.3 is 15.4 Å². The molecule has 1 heterocycles. The van der Waals surface area contributed by atoms with E-state index in [0.717, 1.165) is 0 Å². The first-order valence-electron chi connectivity index (χ1n) is 6.00. The smallest absolute Gasteiger partial charge is 0.352 e. The molecular weight excluding hydrogens is 299 g/mol. The summed E-state index contributed by atoms with van der Waals surface area (Å²) in [6, 6.07) is 4.03. The number of aromatic amines is 1. The first-order chi connectivity index (χ1) is 9.82. The summed E-state index contributed by atoms with van der Waals surface area (Å²) in [6.07, 6.45) is 0. The van der Waals surface area contributed by atoms with Crippen LogP contribution in [0.15, 0.2) is 18.2 Å². The number of amides is 1. The van der Waals surface area contributed by atoms with Gasteiger partial charge in [-0.25, -0.2) is 9.18 Å². The van der Waals surface area contributed by atoms with Crippen LogP contribution >= 0.6 is 11.6 Å². The van der Waals surface area contributed by atoms with Crippen LogP contribution in [-0.2, 0) is 0 Å². The molecule has 5 nitrogen and oxygen atoms in total. The van der Waals surface area contributed by atoms with Crippen LogP contribution in [0.3, 0.4) is 0 Å². The van der Waals surface area contributed by atoms with Gasteiger partial charge in [-0.1, -0.05) is 17.7 Å². The summed E-state index contributed by atoms with van der Waals surface area (Å²) in [5.74, 6) is -2.46. The molecule has 21 heavy (non-hydrogen) atoms. The van der Waals surface area contributed by atoms with Crippen molar-refractivity contribution in [1.29, 1.82) is 0 Å². The van der Waals surface area contributed by atoms with Crippen LogP contribution in [-0.4, -0.2) is 22.0 Å². The second-order valence-corrected chi connectivity index (χ2v) is 4.89. The fraction of sp³-hybridized carbons (Fsp3) is 0.143. The van der Waals surface area contributed by atoms with Crippen molar-refractivity contribution in [1.82, 2.24) is 4.98 Å². The number of hydrogen-bond acceptors (Lipinski definition) is 2. The lowest BCUT2D eigenvalue weighted by Gasteiger charge is -2.08. The molecule has 2 aromatic rings. The van der Waals surface area contributed by atoms with Crippen molar-refractivity contribution in [2.24, 2.45) is 0 Å². The Morgan fingerprint density at radius 2 is 2.00 bits per heavy atom. The number of carbonyl (C=O) groups is 2. The minimum absolute atomic E-state index is 0.0626. The van der Waals surface area contributed by atoms with Crippen LogP contribution < -0.4 is 5.32 Å². The lowest BCUT2D eigenvalue weighted by molar-refractivity contribution is 0.0690. The van der Waals surface area contributed by atoms with E-state index in [4.69, 9.17) is 16.7 Å². The lowest BCUT2D eigenvalue weighted by atomic mass is 10.1. The zero-order chi connectivity index (χ0) is 15.7. The summed E-state index contributed by atoms with van der Waals surface area (Å²) in [5.41, 5.74) is 0.616. The van der Waals surface area contributed by atoms with Gasteiger partial charge in [0.2, 0.25) is 0 Å². The summed E-state index contributed by atoms with van der Waals surface area (Å²) < 4.78 is 13.7. The average molecular weight is 311 g/mol. The number of H-pyrrole nitrogens is 1. The molecule has 0 aliphatic carbocycles. The summed E-state index contributed by atoms with van der Waals surface area (Å²) >= 11 is 5.84. The van der Waals surface area contributed by atoms with Crippen LogP contribution in [0.2, 0.25) is 5.02 Å². The lowest BCUT2D eigenvalue weighted by Crippen LogP contribution is -2.15. The Morgan fingerprint density at radius 3 is 2.52 bits per heavy atom. The zero-order valence-electron chi connectivity index (χ0n) is 11.3. The summed E-state index contributed by atoms with van der Waals surface area (Å²) in [5, 5.41) is 11.5. The largest absolute Gasteiger partial charge is 0.477 e. The van der Waals surface area contributed by atoms with Gasteiger partial charge in [-0.05, 0) is 31.5 Å². The molecule has 0 aliphatic heterocycles. The minimum Gasteiger partial charge on any atom is -0.477 e. The normalized spacial score (nSPS) is 10.5. The van der Waals surface area contributed by atoms with E-state index in [1.165, 1.54) is 25.1 Å². The van der Waals surface area contributed by atoms with E-state index >= 15 is 0 Å². The highest BCUT2D eigenvalue weighted by Gasteiger charge is 2.22. The van der Waals surface area contributed by atoms with Crippen LogP contribution in [0.5, 0.6) is 0 Å². The van der Waals surface area contributed by atoms with E-state index in [2.05, 4.69) is 10.3 Å². The quantitative estimate of drug-likeness (QED) is 0.813. The molecule has 0 saturated heterocycles. The van der Waals surface area contributed by atoms with Crippen molar-refractivity contribution in [3.63, 3.8) is 0 Å². The first kappa shape index (κ1) is 15.1. The van der Waals surface area contributed by atoms with Crippen molar-refractivity contribution in [2.45, 2.75) is 13.8 Å². The minimum atomic E-state index is -1.17. The van der Waals surface area contributed by atoms with Crippen molar-refractivity contribution in [3.05, 3.63) is 51.6 Å². The Kier molecular flexibility index (Phi) is 3.99. The van der Waals surface area contributed by atoms with Crippen LogP contribution in [0.25, 0.3) is 0 Å². The molecule has 7 heteroatoms. The van der Waals surface area contributed by atoms with Gasteiger partial charge in [-0.15, -0.1) is 0 Å². The number of nitrogens with one attached hydrogen (secondary N) is 2. The molecule has 0 aliphatic rings. The third-order valence-corrected chi connectivity index (χ3v) is 3.39. The van der Waals surface area contributed by atoms with E-state index in [9.17, 15) is 14.0 Å². The monoisotopic (exact) mass is 310 g/mol. The van der Waals surface area contributed by atoms with Gasteiger partial charge in [0, 0.05) is 5.69 Å². The molecule has 1 aromatic carbocycles. The Bertz CT molecular complexity index is 720. The van der Waals surface area contributed by atoms with E-state index in [1.54, 1.807) is 6.92 Å². The first-order valence-corrected chi connectivity index (χ1v) is 6.38. The molecule has 0 atom stereocenters. The number of carbonyl (C=O) groups excluding carboxylic acids is 1. The Hall–Kier alpha value is -2.34. The number of anilines is 1. The maximum Gasteiger partial charge on any atom is 0.352 e. The molecule has 110 valence electrons. The highest BCUT2D eigenvalue weighted by molar-refractivity contribution is 6.34. The number of carboxylic acids is 1. The van der Waals surface area contributed by atoms with Crippen LogP contribution in [0, 0.1) is 19.7 Å². The standard InChI is InChI=1S/C14H12ClFN2O3/c1-6-10(7(2)17-11(6)14(20)21)13(19)18-12-8(15)4-3-5-9(12)16/h3-5,17H,1-2H3,(H,18,19)(H,20,21). The maximum absolute atomic E-state index is 13.7. The number of hydrogen-bond donors (Lipinski definition) is 3. The van der Waals surface area contributed by atoms with Gasteiger partial charge in [0.15, 0.2) is 0 Å². The van der Waals surface area contributed by atoms with Crippen molar-refractivity contribution < 1.29 is 19.1 Å².